The van der Waals surface area contributed by atoms with Crippen molar-refractivity contribution in [2.24, 2.45) is 5.73 Å². The van der Waals surface area contributed by atoms with E-state index in [-0.39, 0.29) is 5.41 Å². The molecule has 78 valence electrons. The number of rotatable bonds is 2. The Morgan fingerprint density at radius 1 is 1.36 bits per heavy atom. The van der Waals surface area contributed by atoms with Gasteiger partial charge in [-0.25, -0.2) is 9.97 Å². The van der Waals surface area contributed by atoms with E-state index in [4.69, 9.17) is 5.73 Å². The van der Waals surface area contributed by atoms with Crippen LogP contribution in [-0.2, 0) is 5.41 Å². The zero-order chi connectivity index (χ0) is 10.8. The normalized spacial score (nSPS) is 14.1. The Balaban J connectivity index is 3.01. The van der Waals surface area contributed by atoms with Crippen molar-refractivity contribution >= 4 is 0 Å². The van der Waals surface area contributed by atoms with Crippen LogP contribution in [0.4, 0.5) is 0 Å². The monoisotopic (exact) mass is 193 g/mol. The Kier molecular flexibility index (Phi) is 3.21. The van der Waals surface area contributed by atoms with E-state index >= 15 is 0 Å². The molecule has 0 spiro atoms. The maximum Gasteiger partial charge on any atom is 0.115 e. The first-order valence-corrected chi connectivity index (χ1v) is 4.97. The molecular formula is C11H19N3. The summed E-state index contributed by atoms with van der Waals surface area (Å²) in [6, 6.07) is 2.05. The number of aromatic nitrogens is 2. The van der Waals surface area contributed by atoms with Crippen LogP contribution in [0.3, 0.4) is 0 Å². The fourth-order valence-corrected chi connectivity index (χ4v) is 1.17. The highest BCUT2D eigenvalue weighted by Crippen LogP contribution is 2.21. The summed E-state index contributed by atoms with van der Waals surface area (Å²) >= 11 is 0. The highest BCUT2D eigenvalue weighted by Gasteiger charge is 2.17. The second kappa shape index (κ2) is 4.05. The van der Waals surface area contributed by atoms with E-state index in [2.05, 4.69) is 43.7 Å². The van der Waals surface area contributed by atoms with Crippen LogP contribution in [0.1, 0.15) is 45.0 Å². The van der Waals surface area contributed by atoms with Crippen LogP contribution in [0, 0.1) is 0 Å². The summed E-state index contributed by atoms with van der Waals surface area (Å²) in [4.78, 5) is 8.51. The van der Waals surface area contributed by atoms with Gasteiger partial charge in [0.2, 0.25) is 0 Å². The average molecular weight is 193 g/mol. The highest BCUT2D eigenvalue weighted by atomic mass is 14.9. The van der Waals surface area contributed by atoms with Crippen molar-refractivity contribution in [1.82, 2.24) is 9.97 Å². The molecule has 1 rings (SSSR count). The minimum atomic E-state index is 0.0754. The SMILES string of the molecule is CC(CN)c1cc(C(C)(C)C)ncn1. The van der Waals surface area contributed by atoms with Gasteiger partial charge in [-0.3, -0.25) is 0 Å². The lowest BCUT2D eigenvalue weighted by Crippen LogP contribution is -2.16. The molecule has 3 nitrogen and oxygen atoms in total. The van der Waals surface area contributed by atoms with E-state index in [1.807, 2.05) is 0 Å². The van der Waals surface area contributed by atoms with E-state index in [1.54, 1.807) is 6.33 Å². The summed E-state index contributed by atoms with van der Waals surface area (Å²) in [6.07, 6.45) is 1.63. The minimum Gasteiger partial charge on any atom is -0.330 e. The summed E-state index contributed by atoms with van der Waals surface area (Å²) in [5, 5.41) is 0. The van der Waals surface area contributed by atoms with Gasteiger partial charge < -0.3 is 5.73 Å². The van der Waals surface area contributed by atoms with Crippen LogP contribution in [0.2, 0.25) is 0 Å². The summed E-state index contributed by atoms with van der Waals surface area (Å²) in [5.41, 5.74) is 7.78. The van der Waals surface area contributed by atoms with Crippen molar-refractivity contribution in [1.29, 1.82) is 0 Å². The van der Waals surface area contributed by atoms with E-state index in [9.17, 15) is 0 Å². The molecule has 0 amide bonds. The van der Waals surface area contributed by atoms with Crippen molar-refractivity contribution in [3.05, 3.63) is 23.8 Å². The van der Waals surface area contributed by atoms with Gasteiger partial charge in [-0.1, -0.05) is 27.7 Å². The third-order valence-electron chi connectivity index (χ3n) is 2.32. The Morgan fingerprint density at radius 3 is 2.50 bits per heavy atom. The molecule has 0 saturated carbocycles. The summed E-state index contributed by atoms with van der Waals surface area (Å²) in [5.74, 6) is 0.305. The van der Waals surface area contributed by atoms with Gasteiger partial charge in [0, 0.05) is 29.3 Å². The average Bonchev–Trinajstić information content (AvgIpc) is 2.15. The standard InChI is InChI=1S/C11H19N3/c1-8(6-12)9-5-10(11(2,3)4)14-7-13-9/h5,7-8H,6,12H2,1-4H3. The van der Waals surface area contributed by atoms with E-state index < -0.39 is 0 Å². The Bertz CT molecular complexity index is 302. The molecule has 0 aliphatic rings. The first-order chi connectivity index (χ1) is 6.45. The minimum absolute atomic E-state index is 0.0754. The lowest BCUT2D eigenvalue weighted by Gasteiger charge is -2.18. The molecule has 1 aromatic heterocycles. The first-order valence-electron chi connectivity index (χ1n) is 4.97. The van der Waals surface area contributed by atoms with Crippen molar-refractivity contribution in [2.45, 2.75) is 39.0 Å². The zero-order valence-electron chi connectivity index (χ0n) is 9.41. The number of hydrogen-bond acceptors (Lipinski definition) is 3. The molecule has 0 bridgehead atoms. The van der Waals surface area contributed by atoms with E-state index in [0.717, 1.165) is 11.4 Å². The van der Waals surface area contributed by atoms with E-state index in [1.165, 1.54) is 0 Å². The number of nitrogens with zero attached hydrogens (tertiary/aromatic N) is 2. The smallest absolute Gasteiger partial charge is 0.115 e. The van der Waals surface area contributed by atoms with Crippen molar-refractivity contribution in [3.8, 4) is 0 Å². The second-order valence-corrected chi connectivity index (χ2v) is 4.71. The first kappa shape index (κ1) is 11.1. The fourth-order valence-electron chi connectivity index (χ4n) is 1.17. The van der Waals surface area contributed by atoms with Crippen LogP contribution in [0.15, 0.2) is 12.4 Å². The summed E-state index contributed by atoms with van der Waals surface area (Å²) < 4.78 is 0. The van der Waals surface area contributed by atoms with Gasteiger partial charge >= 0.3 is 0 Å². The van der Waals surface area contributed by atoms with Gasteiger partial charge in [-0.2, -0.15) is 0 Å². The lowest BCUT2D eigenvalue weighted by atomic mass is 9.90. The Hall–Kier alpha value is -0.960. The quantitative estimate of drug-likeness (QED) is 0.779. The predicted molar refractivity (Wildman–Crippen MR) is 58.2 cm³/mol. The predicted octanol–water partition coefficient (Wildman–Crippen LogP) is 1.84. The lowest BCUT2D eigenvalue weighted by molar-refractivity contribution is 0.562. The zero-order valence-corrected chi connectivity index (χ0v) is 9.41. The van der Waals surface area contributed by atoms with Crippen LogP contribution >= 0.6 is 0 Å². The molecule has 0 aromatic carbocycles. The van der Waals surface area contributed by atoms with Crippen LogP contribution in [0.5, 0.6) is 0 Å². The van der Waals surface area contributed by atoms with E-state index in [0.29, 0.717) is 12.5 Å². The van der Waals surface area contributed by atoms with Gasteiger partial charge in [-0.15, -0.1) is 0 Å². The maximum absolute atomic E-state index is 5.60. The number of nitrogens with two attached hydrogens (primary N) is 1. The molecule has 2 N–H and O–H groups in total. The molecule has 1 heterocycles. The van der Waals surface area contributed by atoms with Gasteiger partial charge in [0.05, 0.1) is 0 Å². The molecule has 0 aliphatic carbocycles. The molecule has 0 aliphatic heterocycles. The van der Waals surface area contributed by atoms with Gasteiger partial charge in [0.1, 0.15) is 6.33 Å². The van der Waals surface area contributed by atoms with Crippen molar-refractivity contribution < 1.29 is 0 Å². The topological polar surface area (TPSA) is 51.8 Å². The molecule has 0 fully saturated rings. The molecule has 1 unspecified atom stereocenters. The van der Waals surface area contributed by atoms with Crippen LogP contribution in [0.25, 0.3) is 0 Å². The largest absolute Gasteiger partial charge is 0.330 e. The van der Waals surface area contributed by atoms with Crippen molar-refractivity contribution in [2.75, 3.05) is 6.54 Å². The molecule has 14 heavy (non-hydrogen) atoms. The third kappa shape index (κ3) is 2.51. The van der Waals surface area contributed by atoms with Crippen molar-refractivity contribution in [3.63, 3.8) is 0 Å². The summed E-state index contributed by atoms with van der Waals surface area (Å²) in [7, 11) is 0. The molecule has 0 radical (unpaired) electrons. The highest BCUT2D eigenvalue weighted by molar-refractivity contribution is 5.18. The summed E-state index contributed by atoms with van der Waals surface area (Å²) in [6.45, 7) is 9.14. The second-order valence-electron chi connectivity index (χ2n) is 4.71. The number of hydrogen-bond donors (Lipinski definition) is 1. The molecule has 1 aromatic rings. The van der Waals surface area contributed by atoms with Crippen LogP contribution in [-0.4, -0.2) is 16.5 Å². The van der Waals surface area contributed by atoms with Gasteiger partial charge in [0.15, 0.2) is 0 Å². The Morgan fingerprint density at radius 2 is 2.00 bits per heavy atom. The van der Waals surface area contributed by atoms with Gasteiger partial charge in [0.25, 0.3) is 0 Å². The fraction of sp³-hybridized carbons (Fsp3) is 0.636. The molecule has 0 saturated heterocycles. The molecule has 1 atom stereocenters. The van der Waals surface area contributed by atoms with Crippen LogP contribution < -0.4 is 5.73 Å². The molecular weight excluding hydrogens is 174 g/mol. The maximum atomic E-state index is 5.60. The van der Waals surface area contributed by atoms with Gasteiger partial charge in [-0.05, 0) is 6.07 Å². The third-order valence-corrected chi connectivity index (χ3v) is 2.32. The Labute approximate surface area is 85.8 Å². The molecule has 3 heteroatoms.